The number of aliphatic hydroxyl groups is 1. The highest BCUT2D eigenvalue weighted by Gasteiger charge is 2.30. The molecule has 0 saturated carbocycles. The van der Waals surface area contributed by atoms with Gasteiger partial charge in [-0.25, -0.2) is 0 Å². The van der Waals surface area contributed by atoms with E-state index in [2.05, 4.69) is 10.1 Å². The fraction of sp³-hybridized carbons (Fsp3) is 0.471. The van der Waals surface area contributed by atoms with Gasteiger partial charge in [0.25, 0.3) is 0 Å². The Labute approximate surface area is 137 Å². The molecule has 0 bridgehead atoms. The van der Waals surface area contributed by atoms with Crippen LogP contribution in [0.3, 0.4) is 0 Å². The third kappa shape index (κ3) is 3.62. The molecule has 1 aliphatic rings. The summed E-state index contributed by atoms with van der Waals surface area (Å²) in [7, 11) is 0. The van der Waals surface area contributed by atoms with Gasteiger partial charge >= 0.3 is 6.18 Å². The predicted octanol–water partition coefficient (Wildman–Crippen LogP) is 3.49. The Morgan fingerprint density at radius 2 is 1.92 bits per heavy atom. The zero-order chi connectivity index (χ0) is 17.2. The van der Waals surface area contributed by atoms with Crippen LogP contribution in [-0.2, 0) is 19.1 Å². The first kappa shape index (κ1) is 17.0. The molecule has 4 nitrogen and oxygen atoms in total. The number of aliphatic hydroxyl groups excluding tert-OH is 1. The standard InChI is InChI=1S/C17H19F3N2O2/c18-17(19,20)13-5-3-12(4-6-13)16-14-11-22(8-1-2-10-23)9-7-15(14)24-21-16/h3-6,23H,1-2,7-11H2. The zero-order valence-electron chi connectivity index (χ0n) is 13.1. The van der Waals surface area contributed by atoms with Crippen molar-refractivity contribution < 1.29 is 22.8 Å². The van der Waals surface area contributed by atoms with E-state index in [0.717, 1.165) is 55.8 Å². The van der Waals surface area contributed by atoms with E-state index in [0.29, 0.717) is 17.8 Å². The van der Waals surface area contributed by atoms with Crippen molar-refractivity contribution in [3.63, 3.8) is 0 Å². The van der Waals surface area contributed by atoms with Crippen molar-refractivity contribution >= 4 is 0 Å². The maximum Gasteiger partial charge on any atom is 0.416 e. The van der Waals surface area contributed by atoms with Gasteiger partial charge in [0.1, 0.15) is 11.5 Å². The van der Waals surface area contributed by atoms with Gasteiger partial charge in [-0.05, 0) is 31.5 Å². The second-order valence-electron chi connectivity index (χ2n) is 5.96. The minimum absolute atomic E-state index is 0.184. The van der Waals surface area contributed by atoms with Gasteiger partial charge in [0.05, 0.1) is 5.56 Å². The molecule has 0 spiro atoms. The summed E-state index contributed by atoms with van der Waals surface area (Å²) in [6, 6.07) is 5.01. The second-order valence-corrected chi connectivity index (χ2v) is 5.96. The summed E-state index contributed by atoms with van der Waals surface area (Å²) in [5, 5.41) is 12.9. The van der Waals surface area contributed by atoms with Crippen LogP contribution in [0.25, 0.3) is 11.3 Å². The van der Waals surface area contributed by atoms with Crippen LogP contribution in [0.5, 0.6) is 0 Å². The van der Waals surface area contributed by atoms with Gasteiger partial charge in [0, 0.05) is 37.2 Å². The maximum absolute atomic E-state index is 12.7. The number of unbranched alkanes of at least 4 members (excludes halogenated alkanes) is 1. The Morgan fingerprint density at radius 1 is 1.17 bits per heavy atom. The molecule has 0 radical (unpaired) electrons. The van der Waals surface area contributed by atoms with E-state index in [4.69, 9.17) is 9.63 Å². The predicted molar refractivity (Wildman–Crippen MR) is 82.2 cm³/mol. The van der Waals surface area contributed by atoms with Crippen LogP contribution < -0.4 is 0 Å². The van der Waals surface area contributed by atoms with E-state index in [1.165, 1.54) is 12.1 Å². The topological polar surface area (TPSA) is 49.5 Å². The molecule has 0 atom stereocenters. The van der Waals surface area contributed by atoms with E-state index in [1.54, 1.807) is 0 Å². The van der Waals surface area contributed by atoms with Gasteiger partial charge in [0.2, 0.25) is 0 Å². The van der Waals surface area contributed by atoms with Crippen molar-refractivity contribution in [2.45, 2.75) is 32.0 Å². The summed E-state index contributed by atoms with van der Waals surface area (Å²) in [4.78, 5) is 2.25. The molecule has 0 aliphatic carbocycles. The Hall–Kier alpha value is -1.86. The Bertz CT molecular complexity index is 680. The first-order valence-corrected chi connectivity index (χ1v) is 7.97. The number of benzene rings is 1. The molecule has 1 N–H and O–H groups in total. The van der Waals surface area contributed by atoms with Crippen LogP contribution in [0.2, 0.25) is 0 Å². The van der Waals surface area contributed by atoms with Crippen molar-refractivity contribution in [3.8, 4) is 11.3 Å². The fourth-order valence-electron chi connectivity index (χ4n) is 2.95. The van der Waals surface area contributed by atoms with Crippen molar-refractivity contribution in [3.05, 3.63) is 41.2 Å². The summed E-state index contributed by atoms with van der Waals surface area (Å²) in [6.45, 7) is 2.58. The van der Waals surface area contributed by atoms with E-state index in [-0.39, 0.29) is 6.61 Å². The smallest absolute Gasteiger partial charge is 0.396 e. The second kappa shape index (κ2) is 6.94. The van der Waals surface area contributed by atoms with E-state index < -0.39 is 11.7 Å². The van der Waals surface area contributed by atoms with Gasteiger partial charge in [-0.1, -0.05) is 17.3 Å². The summed E-state index contributed by atoms with van der Waals surface area (Å²) in [5.74, 6) is 0.809. The van der Waals surface area contributed by atoms with Gasteiger partial charge in [0.15, 0.2) is 0 Å². The average Bonchev–Trinajstić information content (AvgIpc) is 2.97. The lowest BCUT2D eigenvalue weighted by atomic mass is 10.0. The van der Waals surface area contributed by atoms with Crippen LogP contribution >= 0.6 is 0 Å². The van der Waals surface area contributed by atoms with Crippen LogP contribution in [0.1, 0.15) is 29.7 Å². The quantitative estimate of drug-likeness (QED) is 0.847. The number of halogens is 3. The third-order valence-corrected chi connectivity index (χ3v) is 4.27. The molecule has 2 aromatic rings. The molecule has 1 aliphatic heterocycles. The third-order valence-electron chi connectivity index (χ3n) is 4.27. The van der Waals surface area contributed by atoms with E-state index in [9.17, 15) is 13.2 Å². The molecule has 0 saturated heterocycles. The molecule has 1 aromatic carbocycles. The van der Waals surface area contributed by atoms with Crippen molar-refractivity contribution in [2.24, 2.45) is 0 Å². The molecule has 1 aromatic heterocycles. The summed E-state index contributed by atoms with van der Waals surface area (Å²) < 4.78 is 43.4. The molecule has 3 rings (SSSR count). The summed E-state index contributed by atoms with van der Waals surface area (Å²) >= 11 is 0. The van der Waals surface area contributed by atoms with Gasteiger partial charge in [-0.3, -0.25) is 4.90 Å². The highest BCUT2D eigenvalue weighted by atomic mass is 19.4. The van der Waals surface area contributed by atoms with Crippen molar-refractivity contribution in [1.29, 1.82) is 0 Å². The highest BCUT2D eigenvalue weighted by Crippen LogP contribution is 2.33. The van der Waals surface area contributed by atoms with Gasteiger partial charge in [-0.2, -0.15) is 13.2 Å². The number of aromatic nitrogens is 1. The summed E-state index contributed by atoms with van der Waals surface area (Å²) in [6.07, 6.45) is -1.93. The molecule has 7 heteroatoms. The highest BCUT2D eigenvalue weighted by molar-refractivity contribution is 5.64. The van der Waals surface area contributed by atoms with Crippen LogP contribution in [0, 0.1) is 0 Å². The normalized spacial score (nSPS) is 15.5. The fourth-order valence-corrected chi connectivity index (χ4v) is 2.95. The van der Waals surface area contributed by atoms with Crippen LogP contribution in [0.15, 0.2) is 28.8 Å². The first-order chi connectivity index (χ1) is 11.5. The Kier molecular flexibility index (Phi) is 4.91. The van der Waals surface area contributed by atoms with Gasteiger partial charge in [-0.15, -0.1) is 0 Å². The lowest BCUT2D eigenvalue weighted by Crippen LogP contribution is -2.31. The van der Waals surface area contributed by atoms with Crippen LogP contribution in [-0.4, -0.2) is 34.9 Å². The molecule has 2 heterocycles. The molecule has 130 valence electrons. The lowest BCUT2D eigenvalue weighted by Gasteiger charge is -2.25. The average molecular weight is 340 g/mol. The Balaban J connectivity index is 1.78. The molecule has 0 unspecified atom stereocenters. The zero-order valence-corrected chi connectivity index (χ0v) is 13.1. The number of hydrogen-bond acceptors (Lipinski definition) is 4. The molecule has 0 fully saturated rings. The van der Waals surface area contributed by atoms with Crippen LogP contribution in [0.4, 0.5) is 13.2 Å². The van der Waals surface area contributed by atoms with Gasteiger partial charge < -0.3 is 9.63 Å². The SMILES string of the molecule is OCCCCN1CCc2onc(-c3ccc(C(F)(F)F)cc3)c2C1. The molecule has 0 amide bonds. The van der Waals surface area contributed by atoms with Crippen molar-refractivity contribution in [1.82, 2.24) is 10.1 Å². The number of alkyl halides is 3. The maximum atomic E-state index is 12.7. The van der Waals surface area contributed by atoms with E-state index in [1.807, 2.05) is 0 Å². The first-order valence-electron chi connectivity index (χ1n) is 7.97. The van der Waals surface area contributed by atoms with Crippen molar-refractivity contribution in [2.75, 3.05) is 19.7 Å². The number of nitrogens with zero attached hydrogens (tertiary/aromatic N) is 2. The Morgan fingerprint density at radius 3 is 2.58 bits per heavy atom. The lowest BCUT2D eigenvalue weighted by molar-refractivity contribution is -0.137. The molecule has 24 heavy (non-hydrogen) atoms. The van der Waals surface area contributed by atoms with E-state index >= 15 is 0 Å². The molecular formula is C17H19F3N2O2. The number of hydrogen-bond donors (Lipinski definition) is 1. The number of rotatable bonds is 5. The number of fused-ring (bicyclic) bond motifs is 1. The minimum Gasteiger partial charge on any atom is -0.396 e. The molecular weight excluding hydrogens is 321 g/mol. The monoisotopic (exact) mass is 340 g/mol. The summed E-state index contributed by atoms with van der Waals surface area (Å²) in [5.41, 5.74) is 1.52. The minimum atomic E-state index is -4.34. The largest absolute Gasteiger partial charge is 0.416 e.